The van der Waals surface area contributed by atoms with Crippen molar-refractivity contribution in [2.45, 2.75) is 44.1 Å². The maximum Gasteiger partial charge on any atom is 0.224 e. The van der Waals surface area contributed by atoms with Gasteiger partial charge in [0.05, 0.1) is 18.1 Å². The number of rotatable bonds is 5. The number of nitriles is 1. The van der Waals surface area contributed by atoms with Gasteiger partial charge in [0.25, 0.3) is 0 Å². The van der Waals surface area contributed by atoms with Crippen molar-refractivity contribution >= 4 is 5.91 Å². The Balaban J connectivity index is 1.59. The molecule has 0 spiro atoms. The third-order valence-electron chi connectivity index (χ3n) is 6.01. The molecule has 2 heterocycles. The second kappa shape index (κ2) is 8.66. The number of likely N-dealkylation sites (tertiary alicyclic amines) is 2. The average molecular weight is 354 g/mol. The van der Waals surface area contributed by atoms with Crippen molar-refractivity contribution in [1.82, 2.24) is 15.1 Å². The summed E-state index contributed by atoms with van der Waals surface area (Å²) in [7, 11) is 2.18. The van der Waals surface area contributed by atoms with Gasteiger partial charge in [-0.2, -0.15) is 5.26 Å². The van der Waals surface area contributed by atoms with Crippen LogP contribution in [0, 0.1) is 11.3 Å². The molecule has 1 aromatic rings. The smallest absolute Gasteiger partial charge is 0.224 e. The van der Waals surface area contributed by atoms with Gasteiger partial charge in [0.15, 0.2) is 0 Å². The first-order chi connectivity index (χ1) is 12.6. The van der Waals surface area contributed by atoms with Gasteiger partial charge < -0.3 is 10.2 Å². The van der Waals surface area contributed by atoms with Gasteiger partial charge in [-0.05, 0) is 76.6 Å². The number of amides is 1. The minimum Gasteiger partial charge on any atom is -0.354 e. The topological polar surface area (TPSA) is 59.4 Å². The average Bonchev–Trinajstić information content (AvgIpc) is 2.69. The van der Waals surface area contributed by atoms with E-state index in [0.717, 1.165) is 51.1 Å². The fourth-order valence-electron chi connectivity index (χ4n) is 4.22. The predicted octanol–water partition coefficient (Wildman–Crippen LogP) is 2.17. The molecule has 2 fully saturated rings. The molecule has 0 atom stereocenters. The van der Waals surface area contributed by atoms with E-state index < -0.39 is 0 Å². The van der Waals surface area contributed by atoms with Crippen LogP contribution >= 0.6 is 0 Å². The highest BCUT2D eigenvalue weighted by Gasteiger charge is 2.39. The van der Waals surface area contributed by atoms with Crippen LogP contribution in [0.25, 0.3) is 0 Å². The highest BCUT2D eigenvalue weighted by Crippen LogP contribution is 2.30. The van der Waals surface area contributed by atoms with E-state index in [1.165, 1.54) is 19.3 Å². The van der Waals surface area contributed by atoms with E-state index in [4.69, 9.17) is 5.26 Å². The lowest BCUT2D eigenvalue weighted by atomic mass is 9.84. The highest BCUT2D eigenvalue weighted by molar-refractivity contribution is 5.78. The number of nitrogens with zero attached hydrogens (tertiary/aromatic N) is 3. The third kappa shape index (κ3) is 4.63. The Kier molecular flexibility index (Phi) is 6.29. The molecule has 0 unspecified atom stereocenters. The number of carbonyl (C=O) groups excluding carboxylic acids is 1. The predicted molar refractivity (Wildman–Crippen MR) is 103 cm³/mol. The molecule has 5 heteroatoms. The molecular weight excluding hydrogens is 324 g/mol. The fourth-order valence-corrected chi connectivity index (χ4v) is 4.22. The Morgan fingerprint density at radius 2 is 1.77 bits per heavy atom. The van der Waals surface area contributed by atoms with E-state index in [1.807, 2.05) is 12.1 Å². The van der Waals surface area contributed by atoms with E-state index in [9.17, 15) is 4.79 Å². The van der Waals surface area contributed by atoms with E-state index in [1.54, 1.807) is 12.1 Å². The van der Waals surface area contributed by atoms with E-state index >= 15 is 0 Å². The summed E-state index contributed by atoms with van der Waals surface area (Å²) in [5, 5.41) is 12.1. The van der Waals surface area contributed by atoms with Gasteiger partial charge in [-0.1, -0.05) is 18.6 Å². The van der Waals surface area contributed by atoms with Gasteiger partial charge in [-0.25, -0.2) is 0 Å². The minimum atomic E-state index is 0.0741. The zero-order chi connectivity index (χ0) is 18.4. The van der Waals surface area contributed by atoms with Crippen LogP contribution in [0.15, 0.2) is 24.3 Å². The van der Waals surface area contributed by atoms with Crippen molar-refractivity contribution in [2.75, 3.05) is 39.8 Å². The SMILES string of the molecule is CN1CCC(CNC(=O)Cc2ccc(C#N)cc2)(N2CCCCC2)CC1. The Hall–Kier alpha value is -1.90. The monoisotopic (exact) mass is 354 g/mol. The first-order valence-corrected chi connectivity index (χ1v) is 9.81. The van der Waals surface area contributed by atoms with E-state index in [2.05, 4.69) is 28.2 Å². The minimum absolute atomic E-state index is 0.0741. The summed E-state index contributed by atoms with van der Waals surface area (Å²) in [6.45, 7) is 5.27. The molecule has 0 radical (unpaired) electrons. The first-order valence-electron chi connectivity index (χ1n) is 9.81. The molecule has 2 aliphatic heterocycles. The van der Waals surface area contributed by atoms with Crippen molar-refractivity contribution in [3.05, 3.63) is 35.4 Å². The lowest BCUT2D eigenvalue weighted by Gasteiger charge is -2.50. The van der Waals surface area contributed by atoms with Crippen molar-refractivity contribution in [1.29, 1.82) is 5.26 Å². The zero-order valence-corrected chi connectivity index (χ0v) is 15.8. The second-order valence-electron chi connectivity index (χ2n) is 7.84. The molecule has 0 aliphatic carbocycles. The molecule has 140 valence electrons. The molecule has 0 aromatic heterocycles. The summed E-state index contributed by atoms with van der Waals surface area (Å²) in [6.07, 6.45) is 6.51. The molecule has 26 heavy (non-hydrogen) atoms. The van der Waals surface area contributed by atoms with Crippen LogP contribution in [-0.4, -0.2) is 61.0 Å². The Labute approximate surface area is 157 Å². The van der Waals surface area contributed by atoms with Gasteiger partial charge in [-0.15, -0.1) is 0 Å². The van der Waals surface area contributed by atoms with E-state index in [0.29, 0.717) is 12.0 Å². The molecule has 3 rings (SSSR count). The van der Waals surface area contributed by atoms with Gasteiger partial charge >= 0.3 is 0 Å². The Morgan fingerprint density at radius 1 is 1.12 bits per heavy atom. The number of benzene rings is 1. The van der Waals surface area contributed by atoms with Crippen LogP contribution in [0.4, 0.5) is 0 Å². The van der Waals surface area contributed by atoms with Crippen molar-refractivity contribution in [2.24, 2.45) is 0 Å². The zero-order valence-electron chi connectivity index (χ0n) is 15.8. The van der Waals surface area contributed by atoms with Crippen LogP contribution in [0.5, 0.6) is 0 Å². The fraction of sp³-hybridized carbons (Fsp3) is 0.619. The first kappa shape index (κ1) is 18.9. The molecule has 1 aromatic carbocycles. The standard InChI is InChI=1S/C21H30N4O/c1-24-13-9-21(10-14-24,25-11-3-2-4-12-25)17-23-20(26)15-18-5-7-19(16-22)8-6-18/h5-8H,2-4,9-15,17H2,1H3,(H,23,26). The lowest BCUT2D eigenvalue weighted by molar-refractivity contribution is -0.121. The summed E-state index contributed by atoms with van der Waals surface area (Å²) in [6, 6.07) is 9.39. The van der Waals surface area contributed by atoms with Gasteiger partial charge in [-0.3, -0.25) is 9.69 Å². The molecule has 0 saturated carbocycles. The number of hydrogen-bond acceptors (Lipinski definition) is 4. The number of piperidine rings is 2. The summed E-state index contributed by atoms with van der Waals surface area (Å²) in [5.41, 5.74) is 1.70. The van der Waals surface area contributed by atoms with Gasteiger partial charge in [0.1, 0.15) is 0 Å². The van der Waals surface area contributed by atoms with E-state index in [-0.39, 0.29) is 11.4 Å². The molecule has 1 amide bonds. The van der Waals surface area contributed by atoms with Gasteiger partial charge in [0, 0.05) is 12.1 Å². The van der Waals surface area contributed by atoms with Crippen LogP contribution < -0.4 is 5.32 Å². The van der Waals surface area contributed by atoms with Crippen molar-refractivity contribution < 1.29 is 4.79 Å². The number of hydrogen-bond donors (Lipinski definition) is 1. The normalized spacial score (nSPS) is 21.1. The summed E-state index contributed by atoms with van der Waals surface area (Å²) >= 11 is 0. The van der Waals surface area contributed by atoms with Crippen LogP contribution in [-0.2, 0) is 11.2 Å². The number of nitrogens with one attached hydrogen (secondary N) is 1. The number of carbonyl (C=O) groups is 1. The molecule has 1 N–H and O–H groups in total. The molecule has 2 aliphatic rings. The maximum atomic E-state index is 12.5. The van der Waals surface area contributed by atoms with Crippen LogP contribution in [0.3, 0.4) is 0 Å². The van der Waals surface area contributed by atoms with Crippen molar-refractivity contribution in [3.8, 4) is 6.07 Å². The lowest BCUT2D eigenvalue weighted by Crippen LogP contribution is -2.61. The molecule has 2 saturated heterocycles. The Morgan fingerprint density at radius 3 is 2.38 bits per heavy atom. The quantitative estimate of drug-likeness (QED) is 0.880. The molecule has 5 nitrogen and oxygen atoms in total. The summed E-state index contributed by atoms with van der Waals surface area (Å²) in [4.78, 5) is 17.5. The van der Waals surface area contributed by atoms with Crippen molar-refractivity contribution in [3.63, 3.8) is 0 Å². The third-order valence-corrected chi connectivity index (χ3v) is 6.01. The Bertz CT molecular complexity index is 635. The molecule has 0 bridgehead atoms. The highest BCUT2D eigenvalue weighted by atomic mass is 16.1. The summed E-state index contributed by atoms with van der Waals surface area (Å²) in [5.74, 6) is 0.0741. The van der Waals surface area contributed by atoms with Gasteiger partial charge in [0.2, 0.25) is 5.91 Å². The van der Waals surface area contributed by atoms with Crippen LogP contribution in [0.1, 0.15) is 43.2 Å². The maximum absolute atomic E-state index is 12.5. The summed E-state index contributed by atoms with van der Waals surface area (Å²) < 4.78 is 0. The largest absolute Gasteiger partial charge is 0.354 e. The second-order valence-corrected chi connectivity index (χ2v) is 7.84. The molecular formula is C21H30N4O. The van der Waals surface area contributed by atoms with Crippen LogP contribution in [0.2, 0.25) is 0 Å².